The number of hydrogen-bond acceptors (Lipinski definition) is 5. The third-order valence-electron chi connectivity index (χ3n) is 3.36. The molecule has 1 aromatic rings. The standard InChI is InChI=1S/C13H22N2O2S/c1-11-10-18-12(15-11)13(14-6-9-16-2)4-3-7-17-8-5-13/h10,14H,3-9H2,1-2H3. The molecule has 1 saturated heterocycles. The number of ether oxygens (including phenoxy) is 2. The summed E-state index contributed by atoms with van der Waals surface area (Å²) in [4.78, 5) is 4.69. The van der Waals surface area contributed by atoms with Crippen molar-refractivity contribution in [2.75, 3.05) is 33.5 Å². The zero-order valence-electron chi connectivity index (χ0n) is 11.2. The van der Waals surface area contributed by atoms with Crippen LogP contribution in [0.3, 0.4) is 0 Å². The average Bonchev–Trinajstić information content (AvgIpc) is 2.66. The fourth-order valence-electron chi connectivity index (χ4n) is 2.38. The summed E-state index contributed by atoms with van der Waals surface area (Å²) in [6.45, 7) is 5.30. The molecule has 1 aliphatic rings. The van der Waals surface area contributed by atoms with Crippen molar-refractivity contribution in [3.63, 3.8) is 0 Å². The van der Waals surface area contributed by atoms with E-state index in [4.69, 9.17) is 9.47 Å². The quantitative estimate of drug-likeness (QED) is 0.832. The summed E-state index contributed by atoms with van der Waals surface area (Å²) >= 11 is 1.75. The van der Waals surface area contributed by atoms with E-state index in [0.29, 0.717) is 0 Å². The Bertz CT molecular complexity index is 360. The first kappa shape index (κ1) is 13.9. The normalized spacial score (nSPS) is 25.0. The van der Waals surface area contributed by atoms with Crippen molar-refractivity contribution in [2.24, 2.45) is 0 Å². The number of rotatable bonds is 5. The van der Waals surface area contributed by atoms with E-state index in [1.807, 2.05) is 0 Å². The highest BCUT2D eigenvalue weighted by atomic mass is 32.1. The van der Waals surface area contributed by atoms with Crippen molar-refractivity contribution < 1.29 is 9.47 Å². The molecule has 1 N–H and O–H groups in total. The van der Waals surface area contributed by atoms with Crippen LogP contribution >= 0.6 is 11.3 Å². The van der Waals surface area contributed by atoms with E-state index in [1.165, 1.54) is 5.01 Å². The SMILES string of the molecule is COCCNC1(c2nc(C)cs2)CCCOCC1. The second-order valence-electron chi connectivity index (χ2n) is 4.76. The van der Waals surface area contributed by atoms with Crippen LogP contribution in [-0.4, -0.2) is 38.5 Å². The molecule has 0 aliphatic carbocycles. The maximum atomic E-state index is 5.59. The lowest BCUT2D eigenvalue weighted by Gasteiger charge is -2.31. The minimum Gasteiger partial charge on any atom is -0.383 e. The van der Waals surface area contributed by atoms with Gasteiger partial charge in [0.25, 0.3) is 0 Å². The highest BCUT2D eigenvalue weighted by Crippen LogP contribution is 2.34. The summed E-state index contributed by atoms with van der Waals surface area (Å²) in [7, 11) is 1.73. The lowest BCUT2D eigenvalue weighted by atomic mass is 9.91. The van der Waals surface area contributed by atoms with Gasteiger partial charge in [0.15, 0.2) is 0 Å². The summed E-state index contributed by atoms with van der Waals surface area (Å²) in [5, 5.41) is 6.97. The summed E-state index contributed by atoms with van der Waals surface area (Å²) in [6.07, 6.45) is 3.16. The molecule has 102 valence electrons. The number of aromatic nitrogens is 1. The Balaban J connectivity index is 2.14. The monoisotopic (exact) mass is 270 g/mol. The van der Waals surface area contributed by atoms with Gasteiger partial charge in [-0.1, -0.05) is 0 Å². The second-order valence-corrected chi connectivity index (χ2v) is 5.62. The van der Waals surface area contributed by atoms with Crippen molar-refractivity contribution in [2.45, 2.75) is 31.7 Å². The maximum Gasteiger partial charge on any atom is 0.113 e. The van der Waals surface area contributed by atoms with E-state index in [9.17, 15) is 0 Å². The number of thiazole rings is 1. The third-order valence-corrected chi connectivity index (χ3v) is 4.53. The van der Waals surface area contributed by atoms with Gasteiger partial charge in [0.1, 0.15) is 5.01 Å². The molecule has 0 spiro atoms. The molecule has 0 bridgehead atoms. The minimum atomic E-state index is -0.0199. The van der Waals surface area contributed by atoms with E-state index in [0.717, 1.165) is 51.3 Å². The van der Waals surface area contributed by atoms with Gasteiger partial charge < -0.3 is 14.8 Å². The van der Waals surface area contributed by atoms with Gasteiger partial charge in [0, 0.05) is 37.9 Å². The van der Waals surface area contributed by atoms with Gasteiger partial charge in [-0.2, -0.15) is 0 Å². The predicted molar refractivity (Wildman–Crippen MR) is 73.1 cm³/mol. The van der Waals surface area contributed by atoms with Crippen LogP contribution < -0.4 is 5.32 Å². The fourth-order valence-corrected chi connectivity index (χ4v) is 3.42. The molecule has 1 atom stereocenters. The van der Waals surface area contributed by atoms with E-state index in [1.54, 1.807) is 18.4 Å². The first-order valence-electron chi connectivity index (χ1n) is 6.51. The fraction of sp³-hybridized carbons (Fsp3) is 0.769. The first-order valence-corrected chi connectivity index (χ1v) is 7.39. The molecule has 4 nitrogen and oxygen atoms in total. The van der Waals surface area contributed by atoms with Crippen LogP contribution in [0.2, 0.25) is 0 Å². The molecule has 0 aromatic carbocycles. The van der Waals surface area contributed by atoms with Crippen LogP contribution in [0.5, 0.6) is 0 Å². The van der Waals surface area contributed by atoms with Crippen molar-refractivity contribution in [1.29, 1.82) is 0 Å². The van der Waals surface area contributed by atoms with Crippen molar-refractivity contribution in [3.05, 3.63) is 16.1 Å². The third kappa shape index (κ3) is 3.29. The number of aryl methyl sites for hydroxylation is 1. The summed E-state index contributed by atoms with van der Waals surface area (Å²) < 4.78 is 10.7. The Hall–Kier alpha value is -0.490. The molecule has 0 amide bonds. The smallest absolute Gasteiger partial charge is 0.113 e. The lowest BCUT2D eigenvalue weighted by molar-refractivity contribution is 0.133. The zero-order valence-corrected chi connectivity index (χ0v) is 12.0. The highest BCUT2D eigenvalue weighted by Gasteiger charge is 2.35. The molecule has 1 unspecified atom stereocenters. The lowest BCUT2D eigenvalue weighted by Crippen LogP contribution is -2.44. The van der Waals surface area contributed by atoms with Crippen molar-refractivity contribution in [3.8, 4) is 0 Å². The Morgan fingerprint density at radius 1 is 1.50 bits per heavy atom. The largest absolute Gasteiger partial charge is 0.383 e. The molecule has 2 heterocycles. The van der Waals surface area contributed by atoms with Crippen LogP contribution in [0.4, 0.5) is 0 Å². The van der Waals surface area contributed by atoms with E-state index < -0.39 is 0 Å². The van der Waals surface area contributed by atoms with Gasteiger partial charge >= 0.3 is 0 Å². The van der Waals surface area contributed by atoms with Gasteiger partial charge in [-0.15, -0.1) is 11.3 Å². The van der Waals surface area contributed by atoms with Crippen molar-refractivity contribution in [1.82, 2.24) is 10.3 Å². The zero-order chi connectivity index (χ0) is 12.8. The Labute approximate surface area is 113 Å². The highest BCUT2D eigenvalue weighted by molar-refractivity contribution is 7.09. The van der Waals surface area contributed by atoms with Crippen LogP contribution in [-0.2, 0) is 15.0 Å². The Morgan fingerprint density at radius 3 is 3.11 bits per heavy atom. The summed E-state index contributed by atoms with van der Waals surface area (Å²) in [5.74, 6) is 0. The van der Waals surface area contributed by atoms with Gasteiger partial charge in [0.05, 0.1) is 12.1 Å². The predicted octanol–water partition coefficient (Wildman–Crippen LogP) is 2.08. The number of nitrogens with zero attached hydrogens (tertiary/aromatic N) is 1. The Morgan fingerprint density at radius 2 is 2.39 bits per heavy atom. The molecule has 1 aromatic heterocycles. The first-order chi connectivity index (χ1) is 8.77. The average molecular weight is 270 g/mol. The van der Waals surface area contributed by atoms with Crippen molar-refractivity contribution >= 4 is 11.3 Å². The van der Waals surface area contributed by atoms with Gasteiger partial charge in [-0.05, 0) is 26.2 Å². The minimum absolute atomic E-state index is 0.0199. The van der Waals surface area contributed by atoms with Crippen LogP contribution in [0.25, 0.3) is 0 Å². The molecule has 1 fully saturated rings. The molecular formula is C13H22N2O2S. The van der Waals surface area contributed by atoms with Gasteiger partial charge in [-0.3, -0.25) is 0 Å². The van der Waals surface area contributed by atoms with E-state index >= 15 is 0 Å². The maximum absolute atomic E-state index is 5.59. The van der Waals surface area contributed by atoms with Crippen LogP contribution in [0.1, 0.15) is 30.0 Å². The second kappa shape index (κ2) is 6.61. The van der Waals surface area contributed by atoms with Crippen LogP contribution in [0.15, 0.2) is 5.38 Å². The molecular weight excluding hydrogens is 248 g/mol. The summed E-state index contributed by atoms with van der Waals surface area (Å²) in [6, 6.07) is 0. The molecule has 0 saturated carbocycles. The van der Waals surface area contributed by atoms with Gasteiger partial charge in [0.2, 0.25) is 0 Å². The number of nitrogens with one attached hydrogen (secondary N) is 1. The number of methoxy groups -OCH3 is 1. The molecule has 5 heteroatoms. The molecule has 1 aliphatic heterocycles. The summed E-state index contributed by atoms with van der Waals surface area (Å²) in [5.41, 5.74) is 1.08. The van der Waals surface area contributed by atoms with Gasteiger partial charge in [-0.25, -0.2) is 4.98 Å². The van der Waals surface area contributed by atoms with Crippen LogP contribution in [0, 0.1) is 6.92 Å². The molecule has 0 radical (unpaired) electrons. The Kier molecular flexibility index (Phi) is 5.12. The topological polar surface area (TPSA) is 43.4 Å². The van der Waals surface area contributed by atoms with E-state index in [2.05, 4.69) is 22.6 Å². The molecule has 18 heavy (non-hydrogen) atoms. The number of hydrogen-bond donors (Lipinski definition) is 1. The molecule has 2 rings (SSSR count). The van der Waals surface area contributed by atoms with E-state index in [-0.39, 0.29) is 5.54 Å².